The normalized spacial score (nSPS) is 14.0. The predicted molar refractivity (Wildman–Crippen MR) is 143 cm³/mol. The Morgan fingerprint density at radius 1 is 1.00 bits per heavy atom. The summed E-state index contributed by atoms with van der Waals surface area (Å²) >= 11 is 0. The first kappa shape index (κ1) is 31.3. The number of alkyl carbamates (subject to hydrolysis) is 1. The number of ether oxygens (including phenoxy) is 1. The quantitative estimate of drug-likeness (QED) is 0.337. The highest BCUT2D eigenvalue weighted by molar-refractivity contribution is 5.92. The SMILES string of the molecule is CCCCN(C(=O)C(CC(C)C)NC(=O)OC(C)(C)C)C(C(=O)NC(C)CCC)c1ccc(O)cc1. The van der Waals surface area contributed by atoms with Crippen LogP contribution in [0.1, 0.15) is 99.1 Å². The molecule has 204 valence electrons. The van der Waals surface area contributed by atoms with Crippen molar-refractivity contribution in [3.63, 3.8) is 0 Å². The monoisotopic (exact) mass is 505 g/mol. The fraction of sp³-hybridized carbons (Fsp3) is 0.679. The fourth-order valence-electron chi connectivity index (χ4n) is 3.99. The molecule has 3 amide bonds. The van der Waals surface area contributed by atoms with Crippen LogP contribution in [0.2, 0.25) is 0 Å². The van der Waals surface area contributed by atoms with Gasteiger partial charge < -0.3 is 25.4 Å². The molecule has 3 N–H and O–H groups in total. The minimum Gasteiger partial charge on any atom is -0.508 e. The number of unbranched alkanes of at least 4 members (excludes halogenated alkanes) is 1. The summed E-state index contributed by atoms with van der Waals surface area (Å²) in [5.74, 6) is -0.425. The number of carbonyl (C=O) groups excluding carboxylic acids is 3. The Hall–Kier alpha value is -2.77. The maximum Gasteiger partial charge on any atom is 0.408 e. The first-order chi connectivity index (χ1) is 16.8. The molecule has 0 saturated carbocycles. The van der Waals surface area contributed by atoms with E-state index in [4.69, 9.17) is 4.74 Å². The minimum atomic E-state index is -0.904. The highest BCUT2D eigenvalue weighted by Gasteiger charge is 2.36. The van der Waals surface area contributed by atoms with E-state index in [-0.39, 0.29) is 29.5 Å². The lowest BCUT2D eigenvalue weighted by molar-refractivity contribution is -0.143. The zero-order valence-corrected chi connectivity index (χ0v) is 23.4. The van der Waals surface area contributed by atoms with E-state index in [0.717, 1.165) is 19.3 Å². The van der Waals surface area contributed by atoms with Crippen molar-refractivity contribution < 1.29 is 24.2 Å². The third-order valence-corrected chi connectivity index (χ3v) is 5.61. The van der Waals surface area contributed by atoms with Gasteiger partial charge in [-0.2, -0.15) is 0 Å². The Kier molecular flexibility index (Phi) is 12.8. The maximum absolute atomic E-state index is 14.0. The van der Waals surface area contributed by atoms with Gasteiger partial charge in [-0.1, -0.05) is 52.7 Å². The Bertz CT molecular complexity index is 833. The van der Waals surface area contributed by atoms with Crippen LogP contribution >= 0.6 is 0 Å². The maximum atomic E-state index is 14.0. The average molecular weight is 506 g/mol. The number of nitrogens with zero attached hydrogens (tertiary/aromatic N) is 1. The van der Waals surface area contributed by atoms with Crippen molar-refractivity contribution >= 4 is 17.9 Å². The van der Waals surface area contributed by atoms with Crippen molar-refractivity contribution in [2.24, 2.45) is 5.92 Å². The lowest BCUT2D eigenvalue weighted by Crippen LogP contribution is -2.54. The number of benzene rings is 1. The molecule has 8 heteroatoms. The lowest BCUT2D eigenvalue weighted by atomic mass is 9.98. The third-order valence-electron chi connectivity index (χ3n) is 5.61. The molecule has 8 nitrogen and oxygen atoms in total. The van der Waals surface area contributed by atoms with Crippen LogP contribution < -0.4 is 10.6 Å². The highest BCUT2D eigenvalue weighted by Crippen LogP contribution is 2.26. The largest absolute Gasteiger partial charge is 0.508 e. The number of carbonyl (C=O) groups is 3. The molecule has 0 spiro atoms. The Morgan fingerprint density at radius 3 is 2.11 bits per heavy atom. The first-order valence-corrected chi connectivity index (χ1v) is 13.2. The summed E-state index contributed by atoms with van der Waals surface area (Å²) < 4.78 is 5.42. The van der Waals surface area contributed by atoms with E-state index in [0.29, 0.717) is 24.9 Å². The molecule has 36 heavy (non-hydrogen) atoms. The minimum absolute atomic E-state index is 0.0587. The number of aromatic hydroxyl groups is 1. The molecule has 0 aromatic heterocycles. The van der Waals surface area contributed by atoms with Gasteiger partial charge in [0.05, 0.1) is 0 Å². The average Bonchev–Trinajstić information content (AvgIpc) is 2.75. The topological polar surface area (TPSA) is 108 Å². The van der Waals surface area contributed by atoms with Crippen LogP contribution in [-0.4, -0.2) is 52.1 Å². The van der Waals surface area contributed by atoms with E-state index >= 15 is 0 Å². The molecular formula is C28H47N3O5. The van der Waals surface area contributed by atoms with Gasteiger partial charge in [0.2, 0.25) is 11.8 Å². The van der Waals surface area contributed by atoms with Gasteiger partial charge in [0.1, 0.15) is 23.4 Å². The van der Waals surface area contributed by atoms with Crippen molar-refractivity contribution in [3.05, 3.63) is 29.8 Å². The molecule has 1 rings (SSSR count). The number of amides is 3. The molecule has 3 unspecified atom stereocenters. The van der Waals surface area contributed by atoms with Crippen LogP contribution in [0.3, 0.4) is 0 Å². The van der Waals surface area contributed by atoms with Gasteiger partial charge in [0, 0.05) is 12.6 Å². The molecule has 0 bridgehead atoms. The zero-order valence-electron chi connectivity index (χ0n) is 23.4. The molecule has 0 radical (unpaired) electrons. The first-order valence-electron chi connectivity index (χ1n) is 13.2. The van der Waals surface area contributed by atoms with Crippen LogP contribution in [0, 0.1) is 5.92 Å². The van der Waals surface area contributed by atoms with E-state index in [1.54, 1.807) is 37.8 Å². The Labute approximate surface area is 217 Å². The summed E-state index contributed by atoms with van der Waals surface area (Å²) in [7, 11) is 0. The van der Waals surface area contributed by atoms with Crippen LogP contribution in [0.15, 0.2) is 24.3 Å². The van der Waals surface area contributed by atoms with Crippen molar-refractivity contribution in [1.29, 1.82) is 0 Å². The van der Waals surface area contributed by atoms with Crippen LogP contribution in [0.4, 0.5) is 4.79 Å². The second-order valence-corrected chi connectivity index (χ2v) is 10.9. The summed E-state index contributed by atoms with van der Waals surface area (Å²) in [4.78, 5) is 41.8. The number of nitrogens with one attached hydrogen (secondary N) is 2. The second kappa shape index (κ2) is 14.7. The van der Waals surface area contributed by atoms with Gasteiger partial charge in [0.15, 0.2) is 0 Å². The fourth-order valence-corrected chi connectivity index (χ4v) is 3.99. The van der Waals surface area contributed by atoms with Crippen molar-refractivity contribution in [2.45, 2.75) is 111 Å². The summed E-state index contributed by atoms with van der Waals surface area (Å²) in [5, 5.41) is 15.6. The number of hydrogen-bond acceptors (Lipinski definition) is 5. The van der Waals surface area contributed by atoms with Crippen LogP contribution in [0.25, 0.3) is 0 Å². The van der Waals surface area contributed by atoms with Gasteiger partial charge in [-0.3, -0.25) is 9.59 Å². The second-order valence-electron chi connectivity index (χ2n) is 10.9. The summed E-state index contributed by atoms with van der Waals surface area (Å²) in [6.45, 7) is 15.6. The van der Waals surface area contributed by atoms with Crippen LogP contribution in [-0.2, 0) is 14.3 Å². The molecule has 0 saturated heterocycles. The molecule has 0 fully saturated rings. The third kappa shape index (κ3) is 10.9. The molecule has 0 aliphatic carbocycles. The van der Waals surface area contributed by atoms with Crippen molar-refractivity contribution in [3.8, 4) is 5.75 Å². The van der Waals surface area contributed by atoms with E-state index in [1.165, 1.54) is 12.1 Å². The Morgan fingerprint density at radius 2 is 1.61 bits per heavy atom. The van der Waals surface area contributed by atoms with E-state index in [9.17, 15) is 19.5 Å². The molecule has 1 aromatic carbocycles. The van der Waals surface area contributed by atoms with Crippen LogP contribution in [0.5, 0.6) is 5.75 Å². The molecule has 1 aromatic rings. The number of hydrogen-bond donors (Lipinski definition) is 3. The van der Waals surface area contributed by atoms with Gasteiger partial charge in [0.25, 0.3) is 0 Å². The predicted octanol–water partition coefficient (Wildman–Crippen LogP) is 5.31. The van der Waals surface area contributed by atoms with Gasteiger partial charge >= 0.3 is 6.09 Å². The molecule has 0 heterocycles. The highest BCUT2D eigenvalue weighted by atomic mass is 16.6. The van der Waals surface area contributed by atoms with Crippen molar-refractivity contribution in [1.82, 2.24) is 15.5 Å². The summed E-state index contributed by atoms with van der Waals surface area (Å²) in [5.41, 5.74) is -0.111. The standard InChI is InChI=1S/C28H47N3O5/c1-9-11-17-31(26(34)23(18-19(3)4)30-27(35)36-28(6,7)8)24(21-13-15-22(32)16-14-21)25(33)29-20(5)12-10-2/h13-16,19-20,23-24,32H,9-12,17-18H2,1-8H3,(H,29,33)(H,30,35). The summed E-state index contributed by atoms with van der Waals surface area (Å²) in [6, 6.07) is 4.54. The lowest BCUT2D eigenvalue weighted by Gasteiger charge is -2.35. The van der Waals surface area contributed by atoms with E-state index in [1.807, 2.05) is 27.7 Å². The smallest absolute Gasteiger partial charge is 0.408 e. The van der Waals surface area contributed by atoms with Gasteiger partial charge in [-0.05, 0) is 70.6 Å². The summed E-state index contributed by atoms with van der Waals surface area (Å²) in [6.07, 6.45) is 2.98. The molecular weight excluding hydrogens is 458 g/mol. The molecule has 0 aliphatic heterocycles. The number of phenols is 1. The van der Waals surface area contributed by atoms with Gasteiger partial charge in [-0.15, -0.1) is 0 Å². The van der Waals surface area contributed by atoms with Crippen molar-refractivity contribution in [2.75, 3.05) is 6.54 Å². The molecule has 0 aliphatic rings. The van der Waals surface area contributed by atoms with Gasteiger partial charge in [-0.25, -0.2) is 4.79 Å². The zero-order chi connectivity index (χ0) is 27.5. The molecule has 3 atom stereocenters. The number of phenolic OH excluding ortho intramolecular Hbond substituents is 1. The van der Waals surface area contributed by atoms with E-state index in [2.05, 4.69) is 17.6 Å². The Balaban J connectivity index is 3.44. The number of rotatable bonds is 13. The van der Waals surface area contributed by atoms with E-state index < -0.39 is 23.8 Å².